The topological polar surface area (TPSA) is 20.3 Å². The lowest BCUT2D eigenvalue weighted by Crippen LogP contribution is -2.43. The Morgan fingerprint density at radius 1 is 1.24 bits per heavy atom. The van der Waals surface area contributed by atoms with Crippen molar-refractivity contribution >= 4 is 37.8 Å². The molecule has 1 aromatic carbocycles. The first-order chi connectivity index (χ1) is 8.18. The second-order valence-corrected chi connectivity index (χ2v) is 7.00. The molecule has 2 fully saturated rings. The van der Waals surface area contributed by atoms with Gasteiger partial charge in [-0.1, -0.05) is 50.1 Å². The van der Waals surface area contributed by atoms with E-state index in [4.69, 9.17) is 0 Å². The molecule has 3 rings (SSSR count). The van der Waals surface area contributed by atoms with Gasteiger partial charge in [0.25, 0.3) is 5.91 Å². The summed E-state index contributed by atoms with van der Waals surface area (Å²) >= 11 is 7.42. The summed E-state index contributed by atoms with van der Waals surface area (Å²) < 4.78 is 0. The number of halogens is 2. The van der Waals surface area contributed by atoms with Crippen LogP contribution in [0.4, 0.5) is 0 Å². The second kappa shape index (κ2) is 4.39. The highest BCUT2D eigenvalue weighted by Crippen LogP contribution is 2.45. The number of amides is 1. The Bertz CT molecular complexity index is 436. The van der Waals surface area contributed by atoms with Crippen LogP contribution in [0, 0.1) is 5.92 Å². The zero-order chi connectivity index (χ0) is 12.0. The second-order valence-electron chi connectivity index (χ2n) is 4.77. The maximum absolute atomic E-state index is 12.4. The normalized spacial score (nSPS) is 35.3. The lowest BCUT2D eigenvalue weighted by atomic mass is 10.1. The van der Waals surface area contributed by atoms with Gasteiger partial charge in [-0.3, -0.25) is 4.79 Å². The molecule has 0 N–H and O–H groups in total. The Kier molecular flexibility index (Phi) is 3.03. The van der Waals surface area contributed by atoms with E-state index in [1.54, 1.807) is 0 Å². The van der Waals surface area contributed by atoms with E-state index in [2.05, 4.69) is 31.9 Å². The van der Waals surface area contributed by atoms with Gasteiger partial charge < -0.3 is 4.90 Å². The van der Waals surface area contributed by atoms with Gasteiger partial charge >= 0.3 is 0 Å². The van der Waals surface area contributed by atoms with Crippen LogP contribution < -0.4 is 0 Å². The van der Waals surface area contributed by atoms with Crippen LogP contribution in [0.5, 0.6) is 0 Å². The summed E-state index contributed by atoms with van der Waals surface area (Å²) in [5.41, 5.74) is 0.791. The first-order valence-electron chi connectivity index (χ1n) is 5.82. The predicted octanol–water partition coefficient (Wildman–Crippen LogP) is 3.06. The fourth-order valence-electron chi connectivity index (χ4n) is 2.92. The van der Waals surface area contributed by atoms with Crippen molar-refractivity contribution in [3.63, 3.8) is 0 Å². The smallest absolute Gasteiger partial charge is 0.254 e. The van der Waals surface area contributed by atoms with Gasteiger partial charge in [-0.05, 0) is 24.5 Å². The Balaban J connectivity index is 1.85. The van der Waals surface area contributed by atoms with Crippen molar-refractivity contribution in [3.05, 3.63) is 35.9 Å². The van der Waals surface area contributed by atoms with E-state index in [9.17, 15) is 4.79 Å². The molecule has 0 aromatic heterocycles. The monoisotopic (exact) mass is 357 g/mol. The average molecular weight is 359 g/mol. The minimum atomic E-state index is 0.159. The molecule has 4 atom stereocenters. The number of benzene rings is 1. The Morgan fingerprint density at radius 2 is 1.94 bits per heavy atom. The quantitative estimate of drug-likeness (QED) is 0.706. The molecule has 17 heavy (non-hydrogen) atoms. The number of hydrogen-bond acceptors (Lipinski definition) is 1. The zero-order valence-electron chi connectivity index (χ0n) is 9.22. The van der Waals surface area contributed by atoms with E-state index >= 15 is 0 Å². The number of likely N-dealkylation sites (tertiary alicyclic amines) is 1. The molecule has 2 aliphatic rings. The maximum Gasteiger partial charge on any atom is 0.254 e. The third-order valence-corrected chi connectivity index (χ3v) is 5.95. The Morgan fingerprint density at radius 3 is 2.53 bits per heavy atom. The molecule has 1 heterocycles. The van der Waals surface area contributed by atoms with Gasteiger partial charge in [-0.25, -0.2) is 0 Å². The third kappa shape index (κ3) is 1.85. The Labute approximate surface area is 118 Å². The van der Waals surface area contributed by atoms with Crippen molar-refractivity contribution in [2.24, 2.45) is 5.92 Å². The first-order valence-corrected chi connectivity index (χ1v) is 7.66. The summed E-state index contributed by atoms with van der Waals surface area (Å²) in [5, 5.41) is 0. The molecule has 2 nitrogen and oxygen atoms in total. The van der Waals surface area contributed by atoms with Gasteiger partial charge in [-0.2, -0.15) is 0 Å². The first kappa shape index (κ1) is 11.7. The highest BCUT2D eigenvalue weighted by molar-refractivity contribution is 9.10. The maximum atomic E-state index is 12.4. The van der Waals surface area contributed by atoms with Gasteiger partial charge in [-0.15, -0.1) is 0 Å². The molecule has 1 saturated carbocycles. The molecule has 4 heteroatoms. The van der Waals surface area contributed by atoms with Crippen LogP contribution in [0.2, 0.25) is 0 Å². The van der Waals surface area contributed by atoms with Crippen LogP contribution in [0.15, 0.2) is 30.3 Å². The van der Waals surface area contributed by atoms with E-state index in [1.807, 2.05) is 35.2 Å². The fourth-order valence-corrected chi connectivity index (χ4v) is 5.46. The van der Waals surface area contributed by atoms with E-state index < -0.39 is 0 Å². The summed E-state index contributed by atoms with van der Waals surface area (Å²) in [7, 11) is 0. The van der Waals surface area contributed by atoms with Gasteiger partial charge in [0.2, 0.25) is 0 Å². The summed E-state index contributed by atoms with van der Waals surface area (Å²) in [4.78, 5) is 15.3. The van der Waals surface area contributed by atoms with Crippen LogP contribution in [0.3, 0.4) is 0 Å². The molecule has 0 unspecified atom stereocenters. The lowest BCUT2D eigenvalue weighted by molar-refractivity contribution is 0.0711. The number of hydrogen-bond donors (Lipinski definition) is 0. The number of fused-ring (bicyclic) bond motifs is 2. The molecule has 90 valence electrons. The molecular weight excluding hydrogens is 346 g/mol. The van der Waals surface area contributed by atoms with Gasteiger partial charge in [0, 0.05) is 21.8 Å². The van der Waals surface area contributed by atoms with Crippen LogP contribution >= 0.6 is 31.9 Å². The Hall–Kier alpha value is -0.350. The number of carbonyl (C=O) groups is 1. The molecule has 1 aliphatic heterocycles. The van der Waals surface area contributed by atoms with E-state index in [0.29, 0.717) is 21.6 Å². The number of rotatable bonds is 1. The highest BCUT2D eigenvalue weighted by Gasteiger charge is 2.52. The SMILES string of the molecule is O=C(c1ccccc1)N1C[C@@H]2C[C@@H](Br)[C@@H]1[C@H]2Br. The van der Waals surface area contributed by atoms with Crippen molar-refractivity contribution in [2.45, 2.75) is 22.1 Å². The van der Waals surface area contributed by atoms with Gasteiger partial charge in [0.1, 0.15) is 0 Å². The summed E-state index contributed by atoms with van der Waals surface area (Å²) in [5.74, 6) is 0.753. The minimum absolute atomic E-state index is 0.159. The van der Waals surface area contributed by atoms with Gasteiger partial charge in [0.15, 0.2) is 0 Å². The van der Waals surface area contributed by atoms with Crippen molar-refractivity contribution in [3.8, 4) is 0 Å². The minimum Gasteiger partial charge on any atom is -0.333 e. The van der Waals surface area contributed by atoms with E-state index in [1.165, 1.54) is 6.42 Å². The summed E-state index contributed by atoms with van der Waals surface area (Å²) in [6.45, 7) is 0.885. The number of carbonyl (C=O) groups excluding carboxylic acids is 1. The fraction of sp³-hybridized carbons (Fsp3) is 0.462. The predicted molar refractivity (Wildman–Crippen MR) is 74.8 cm³/mol. The van der Waals surface area contributed by atoms with Crippen LogP contribution in [0.25, 0.3) is 0 Å². The third-order valence-electron chi connectivity index (χ3n) is 3.75. The van der Waals surface area contributed by atoms with Gasteiger partial charge in [0.05, 0.1) is 6.04 Å². The summed E-state index contributed by atoms with van der Waals surface area (Å²) in [6, 6.07) is 9.85. The molecule has 0 radical (unpaired) electrons. The van der Waals surface area contributed by atoms with Crippen molar-refractivity contribution in [1.29, 1.82) is 0 Å². The molecule has 1 saturated heterocycles. The van der Waals surface area contributed by atoms with Crippen molar-refractivity contribution in [1.82, 2.24) is 4.90 Å². The molecule has 1 aromatic rings. The van der Waals surface area contributed by atoms with Crippen molar-refractivity contribution in [2.75, 3.05) is 6.54 Å². The largest absolute Gasteiger partial charge is 0.333 e. The average Bonchev–Trinajstić information content (AvgIpc) is 2.81. The van der Waals surface area contributed by atoms with E-state index in [0.717, 1.165) is 12.1 Å². The number of nitrogens with zero attached hydrogens (tertiary/aromatic N) is 1. The molecule has 1 amide bonds. The molecule has 2 bridgehead atoms. The molecular formula is C13H13Br2NO. The molecule has 1 aliphatic carbocycles. The number of alkyl halides is 2. The van der Waals surface area contributed by atoms with Crippen LogP contribution in [-0.2, 0) is 0 Å². The van der Waals surface area contributed by atoms with Crippen LogP contribution in [0.1, 0.15) is 16.8 Å². The van der Waals surface area contributed by atoms with Crippen molar-refractivity contribution < 1.29 is 4.79 Å². The molecule has 0 spiro atoms. The van der Waals surface area contributed by atoms with Crippen LogP contribution in [-0.4, -0.2) is 33.0 Å². The lowest BCUT2D eigenvalue weighted by Gasteiger charge is -2.30. The highest BCUT2D eigenvalue weighted by atomic mass is 79.9. The zero-order valence-corrected chi connectivity index (χ0v) is 12.4. The number of piperidine rings is 1. The summed E-state index contributed by atoms with van der Waals surface area (Å²) in [6.07, 6.45) is 1.17. The standard InChI is InChI=1S/C13H13Br2NO/c14-10-6-9-7-16(12(10)11(9)15)13(17)8-4-2-1-3-5-8/h1-5,9-12H,6-7H2/t9-,10+,11-,12+/m0/s1. The van der Waals surface area contributed by atoms with E-state index in [-0.39, 0.29) is 5.91 Å².